The average Bonchev–Trinajstić information content (AvgIpc) is 2.65. The summed E-state index contributed by atoms with van der Waals surface area (Å²) in [5.41, 5.74) is 0.712. The molecule has 1 saturated carbocycles. The van der Waals surface area contributed by atoms with E-state index in [4.69, 9.17) is 4.74 Å². The first-order valence-electron chi connectivity index (χ1n) is 10.2. The number of fused-ring (bicyclic) bond motifs is 2. The van der Waals surface area contributed by atoms with Gasteiger partial charge in [0.05, 0.1) is 5.56 Å². The summed E-state index contributed by atoms with van der Waals surface area (Å²) in [6.45, 7) is 6.76. The highest BCUT2D eigenvalue weighted by Gasteiger charge is 2.34. The van der Waals surface area contributed by atoms with Gasteiger partial charge in [0.1, 0.15) is 6.10 Å². The fraction of sp³-hybridized carbons (Fsp3) is 0.400. The monoisotopic (exact) mass is 360 g/mol. The average molecular weight is 360 g/mol. The second-order valence-electron chi connectivity index (χ2n) is 8.46. The Bertz CT molecular complexity index is 918. The fourth-order valence-corrected chi connectivity index (χ4v) is 4.68. The smallest absolute Gasteiger partial charge is 0.339 e. The van der Waals surface area contributed by atoms with Gasteiger partial charge in [0, 0.05) is 0 Å². The van der Waals surface area contributed by atoms with Crippen LogP contribution in [-0.4, -0.2) is 12.1 Å². The standard InChI is InChI=1S/C25H28O2/c1-16(2)20-13-12-17(3)14-23(20)27-25(26)24-21-10-6-4-8-18(21)15-19-9-5-7-11-22(19)24/h4-11,15-17,20,23H,12-14H2,1-3H3. The molecule has 4 rings (SSSR count). The predicted molar refractivity (Wildman–Crippen MR) is 112 cm³/mol. The zero-order valence-corrected chi connectivity index (χ0v) is 16.4. The highest BCUT2D eigenvalue weighted by molar-refractivity contribution is 6.16. The predicted octanol–water partition coefficient (Wildman–Crippen LogP) is 6.61. The second kappa shape index (κ2) is 7.34. The summed E-state index contributed by atoms with van der Waals surface area (Å²) in [6.07, 6.45) is 3.36. The maximum Gasteiger partial charge on any atom is 0.339 e. The molecule has 0 aromatic heterocycles. The lowest BCUT2D eigenvalue weighted by atomic mass is 9.75. The van der Waals surface area contributed by atoms with Gasteiger partial charge < -0.3 is 4.74 Å². The quantitative estimate of drug-likeness (QED) is 0.388. The van der Waals surface area contributed by atoms with Gasteiger partial charge in [0.15, 0.2) is 0 Å². The van der Waals surface area contributed by atoms with Crippen molar-refractivity contribution < 1.29 is 9.53 Å². The number of carbonyl (C=O) groups excluding carboxylic acids is 1. The number of hydrogen-bond donors (Lipinski definition) is 0. The Hall–Kier alpha value is -2.35. The lowest BCUT2D eigenvalue weighted by Gasteiger charge is -2.36. The lowest BCUT2D eigenvalue weighted by molar-refractivity contribution is -0.0170. The van der Waals surface area contributed by atoms with Crippen molar-refractivity contribution in [3.63, 3.8) is 0 Å². The molecule has 140 valence electrons. The Morgan fingerprint density at radius 3 is 2.15 bits per heavy atom. The minimum Gasteiger partial charge on any atom is -0.458 e. The van der Waals surface area contributed by atoms with Crippen LogP contribution >= 0.6 is 0 Å². The van der Waals surface area contributed by atoms with Crippen LogP contribution in [0.5, 0.6) is 0 Å². The largest absolute Gasteiger partial charge is 0.458 e. The molecule has 3 aromatic carbocycles. The van der Waals surface area contributed by atoms with Crippen LogP contribution < -0.4 is 0 Å². The molecule has 0 amide bonds. The van der Waals surface area contributed by atoms with Crippen LogP contribution in [0.2, 0.25) is 0 Å². The zero-order chi connectivity index (χ0) is 19.0. The molecule has 0 N–H and O–H groups in total. The molecule has 0 heterocycles. The van der Waals surface area contributed by atoms with E-state index in [1.165, 1.54) is 6.42 Å². The van der Waals surface area contributed by atoms with Crippen molar-refractivity contribution in [3.8, 4) is 0 Å². The molecule has 27 heavy (non-hydrogen) atoms. The number of hydrogen-bond acceptors (Lipinski definition) is 2. The van der Waals surface area contributed by atoms with Gasteiger partial charge in [-0.1, -0.05) is 75.7 Å². The van der Waals surface area contributed by atoms with Gasteiger partial charge in [-0.3, -0.25) is 0 Å². The number of carbonyl (C=O) groups is 1. The third kappa shape index (κ3) is 3.45. The van der Waals surface area contributed by atoms with Gasteiger partial charge in [0.25, 0.3) is 0 Å². The molecular formula is C25H28O2. The second-order valence-corrected chi connectivity index (χ2v) is 8.46. The van der Waals surface area contributed by atoms with Gasteiger partial charge in [-0.05, 0) is 58.2 Å². The Labute approximate surface area is 161 Å². The first kappa shape index (κ1) is 18.0. The first-order valence-corrected chi connectivity index (χ1v) is 10.2. The lowest BCUT2D eigenvalue weighted by Crippen LogP contribution is -2.36. The van der Waals surface area contributed by atoms with Crippen LogP contribution in [0, 0.1) is 17.8 Å². The third-order valence-corrected chi connectivity index (χ3v) is 6.20. The van der Waals surface area contributed by atoms with Gasteiger partial charge in [-0.15, -0.1) is 0 Å². The first-order chi connectivity index (χ1) is 13.0. The molecule has 3 atom stereocenters. The van der Waals surface area contributed by atoms with Crippen LogP contribution in [0.3, 0.4) is 0 Å². The molecule has 2 nitrogen and oxygen atoms in total. The minimum atomic E-state index is -0.173. The summed E-state index contributed by atoms with van der Waals surface area (Å²) in [5, 5.41) is 4.12. The van der Waals surface area contributed by atoms with Crippen molar-refractivity contribution in [2.45, 2.75) is 46.1 Å². The topological polar surface area (TPSA) is 26.3 Å². The van der Waals surface area contributed by atoms with E-state index in [0.29, 0.717) is 23.3 Å². The van der Waals surface area contributed by atoms with E-state index in [1.54, 1.807) is 0 Å². The van der Waals surface area contributed by atoms with Gasteiger partial charge in [-0.25, -0.2) is 4.79 Å². The van der Waals surface area contributed by atoms with Crippen molar-refractivity contribution in [1.29, 1.82) is 0 Å². The maximum atomic E-state index is 13.4. The van der Waals surface area contributed by atoms with Crippen molar-refractivity contribution >= 4 is 27.5 Å². The van der Waals surface area contributed by atoms with E-state index < -0.39 is 0 Å². The number of esters is 1. The van der Waals surface area contributed by atoms with Crippen LogP contribution in [0.25, 0.3) is 21.5 Å². The van der Waals surface area contributed by atoms with E-state index in [2.05, 4.69) is 39.0 Å². The molecule has 1 aliphatic rings. The minimum absolute atomic E-state index is 0.0129. The molecule has 0 aliphatic heterocycles. The Morgan fingerprint density at radius 2 is 1.56 bits per heavy atom. The summed E-state index contributed by atoms with van der Waals surface area (Å²) < 4.78 is 6.20. The molecule has 0 saturated heterocycles. The Kier molecular flexibility index (Phi) is 4.90. The molecule has 0 spiro atoms. The molecule has 2 heteroatoms. The summed E-state index contributed by atoms with van der Waals surface area (Å²) in [5.74, 6) is 1.42. The van der Waals surface area contributed by atoms with Crippen molar-refractivity contribution in [1.82, 2.24) is 0 Å². The fourth-order valence-electron chi connectivity index (χ4n) is 4.68. The number of ether oxygens (including phenoxy) is 1. The number of rotatable bonds is 3. The van der Waals surface area contributed by atoms with Gasteiger partial charge in [0.2, 0.25) is 0 Å². The summed E-state index contributed by atoms with van der Waals surface area (Å²) in [6, 6.07) is 18.4. The van der Waals surface area contributed by atoms with E-state index in [1.807, 2.05) is 36.4 Å². The SMILES string of the molecule is CC1CCC(C(C)C)C(OC(=O)c2c3ccccc3cc3ccccc23)C1. The van der Waals surface area contributed by atoms with Gasteiger partial charge in [-0.2, -0.15) is 0 Å². The summed E-state index contributed by atoms with van der Waals surface area (Å²) >= 11 is 0. The molecule has 1 aliphatic carbocycles. The van der Waals surface area contributed by atoms with Crippen molar-refractivity contribution in [2.75, 3.05) is 0 Å². The van der Waals surface area contributed by atoms with Crippen LogP contribution in [0.4, 0.5) is 0 Å². The zero-order valence-electron chi connectivity index (χ0n) is 16.4. The molecular weight excluding hydrogens is 332 g/mol. The molecule has 3 unspecified atom stereocenters. The summed E-state index contributed by atoms with van der Waals surface area (Å²) in [7, 11) is 0. The maximum absolute atomic E-state index is 13.4. The normalized spacial score (nSPS) is 23.0. The van der Waals surface area contributed by atoms with E-state index in [9.17, 15) is 4.79 Å². The Morgan fingerprint density at radius 1 is 0.963 bits per heavy atom. The molecule has 0 bridgehead atoms. The van der Waals surface area contributed by atoms with E-state index >= 15 is 0 Å². The van der Waals surface area contributed by atoms with E-state index in [0.717, 1.165) is 34.4 Å². The summed E-state index contributed by atoms with van der Waals surface area (Å²) in [4.78, 5) is 13.4. The van der Waals surface area contributed by atoms with Crippen molar-refractivity contribution in [2.24, 2.45) is 17.8 Å². The van der Waals surface area contributed by atoms with Crippen LogP contribution in [-0.2, 0) is 4.74 Å². The van der Waals surface area contributed by atoms with Crippen LogP contribution in [0.15, 0.2) is 54.6 Å². The number of benzene rings is 3. The molecule has 0 radical (unpaired) electrons. The Balaban J connectivity index is 1.77. The van der Waals surface area contributed by atoms with Crippen molar-refractivity contribution in [3.05, 3.63) is 60.2 Å². The molecule has 1 fully saturated rings. The van der Waals surface area contributed by atoms with E-state index in [-0.39, 0.29) is 12.1 Å². The highest BCUT2D eigenvalue weighted by Crippen LogP contribution is 2.37. The van der Waals surface area contributed by atoms with Crippen LogP contribution in [0.1, 0.15) is 50.4 Å². The highest BCUT2D eigenvalue weighted by atomic mass is 16.5. The third-order valence-electron chi connectivity index (χ3n) is 6.20. The molecule has 3 aromatic rings. The van der Waals surface area contributed by atoms with Gasteiger partial charge >= 0.3 is 5.97 Å².